The van der Waals surface area contributed by atoms with E-state index in [1.54, 1.807) is 26.0 Å². The number of carbonyl (C=O) groups excluding carboxylic acids is 3. The van der Waals surface area contributed by atoms with Crippen LogP contribution in [-0.4, -0.2) is 69.3 Å². The topological polar surface area (TPSA) is 191 Å². The van der Waals surface area contributed by atoms with Crippen molar-refractivity contribution in [1.82, 2.24) is 16.0 Å². The van der Waals surface area contributed by atoms with Gasteiger partial charge in [0.25, 0.3) is 0 Å². The minimum absolute atomic E-state index is 0.0437. The van der Waals surface area contributed by atoms with E-state index in [2.05, 4.69) is 16.0 Å². The van der Waals surface area contributed by atoms with E-state index in [4.69, 9.17) is 5.73 Å². The van der Waals surface area contributed by atoms with Crippen molar-refractivity contribution in [3.8, 4) is 5.75 Å². The van der Waals surface area contributed by atoms with Gasteiger partial charge in [0.2, 0.25) is 17.7 Å². The van der Waals surface area contributed by atoms with E-state index < -0.39 is 54.0 Å². The Labute approximate surface area is 211 Å². The SMILES string of the molecule is CCC(C)C(N)C(=O)NC(Cc1ccc(O)cc1)C(=O)NC(C(=O)NC(C(=O)O)C(C)O)C(C)CC. The lowest BCUT2D eigenvalue weighted by Gasteiger charge is -2.29. The Morgan fingerprint density at radius 1 is 0.833 bits per heavy atom. The van der Waals surface area contributed by atoms with Crippen LogP contribution in [0.25, 0.3) is 0 Å². The Kier molecular flexibility index (Phi) is 12.3. The van der Waals surface area contributed by atoms with Crippen molar-refractivity contribution >= 4 is 23.7 Å². The van der Waals surface area contributed by atoms with Gasteiger partial charge < -0.3 is 37.0 Å². The van der Waals surface area contributed by atoms with Crippen molar-refractivity contribution in [2.45, 2.75) is 84.2 Å². The van der Waals surface area contributed by atoms with E-state index in [-0.39, 0.29) is 24.0 Å². The fraction of sp³-hybridized carbons (Fsp3) is 0.600. The molecular formula is C25H40N4O7. The van der Waals surface area contributed by atoms with Gasteiger partial charge in [0, 0.05) is 6.42 Å². The van der Waals surface area contributed by atoms with Crippen molar-refractivity contribution in [1.29, 1.82) is 0 Å². The smallest absolute Gasteiger partial charge is 0.328 e. The highest BCUT2D eigenvalue weighted by Gasteiger charge is 2.34. The third-order valence-corrected chi connectivity index (χ3v) is 6.41. The highest BCUT2D eigenvalue weighted by atomic mass is 16.4. The standard InChI is InChI=1S/C25H40N4O7/c1-6-13(3)19(26)23(33)27-18(12-16-8-10-17(31)11-9-16)22(32)28-20(14(4)7-2)24(34)29-21(15(5)30)25(35)36/h8-11,13-15,18-21,30-31H,6-7,12,26H2,1-5H3,(H,27,33)(H,28,32)(H,29,34)(H,35,36). The molecular weight excluding hydrogens is 468 g/mol. The number of nitrogens with two attached hydrogens (primary N) is 1. The number of benzene rings is 1. The molecule has 0 aliphatic rings. The summed E-state index contributed by atoms with van der Waals surface area (Å²) in [5.74, 6) is -3.83. The molecule has 7 atom stereocenters. The van der Waals surface area contributed by atoms with E-state index in [1.807, 2.05) is 13.8 Å². The van der Waals surface area contributed by atoms with Crippen LogP contribution in [0.5, 0.6) is 5.75 Å². The fourth-order valence-electron chi connectivity index (χ4n) is 3.44. The number of amides is 3. The molecule has 0 aromatic heterocycles. The molecule has 202 valence electrons. The van der Waals surface area contributed by atoms with Gasteiger partial charge in [0.05, 0.1) is 12.1 Å². The van der Waals surface area contributed by atoms with Crippen molar-refractivity contribution in [2.24, 2.45) is 17.6 Å². The molecule has 1 rings (SSSR count). The summed E-state index contributed by atoms with van der Waals surface area (Å²) in [4.78, 5) is 50.5. The average molecular weight is 509 g/mol. The van der Waals surface area contributed by atoms with Crippen LogP contribution in [0, 0.1) is 11.8 Å². The van der Waals surface area contributed by atoms with Gasteiger partial charge in [-0.25, -0.2) is 4.79 Å². The van der Waals surface area contributed by atoms with Gasteiger partial charge in [-0.3, -0.25) is 14.4 Å². The molecule has 1 aromatic carbocycles. The minimum atomic E-state index is -1.55. The number of nitrogens with one attached hydrogen (secondary N) is 3. The summed E-state index contributed by atoms with van der Waals surface area (Å²) in [6.45, 7) is 8.48. The summed E-state index contributed by atoms with van der Waals surface area (Å²) >= 11 is 0. The summed E-state index contributed by atoms with van der Waals surface area (Å²) in [5, 5.41) is 36.2. The number of aliphatic hydroxyl groups is 1. The molecule has 0 saturated heterocycles. The molecule has 0 aliphatic carbocycles. The summed E-state index contributed by atoms with van der Waals surface area (Å²) in [6.07, 6.45) is -0.152. The van der Waals surface area contributed by atoms with Crippen molar-refractivity contribution in [2.75, 3.05) is 0 Å². The number of aliphatic hydroxyl groups excluding tert-OH is 1. The summed E-state index contributed by atoms with van der Waals surface area (Å²) < 4.78 is 0. The molecule has 0 fully saturated rings. The second kappa shape index (κ2) is 14.4. The van der Waals surface area contributed by atoms with E-state index in [9.17, 15) is 34.5 Å². The Hall–Kier alpha value is -3.18. The van der Waals surface area contributed by atoms with Crippen LogP contribution in [0.15, 0.2) is 24.3 Å². The molecule has 3 amide bonds. The maximum absolute atomic E-state index is 13.3. The zero-order valence-corrected chi connectivity index (χ0v) is 21.5. The van der Waals surface area contributed by atoms with E-state index in [0.29, 0.717) is 18.4 Å². The second-order valence-corrected chi connectivity index (χ2v) is 9.28. The van der Waals surface area contributed by atoms with Gasteiger partial charge in [-0.15, -0.1) is 0 Å². The molecule has 0 spiro atoms. The molecule has 11 heteroatoms. The zero-order chi connectivity index (χ0) is 27.6. The lowest BCUT2D eigenvalue weighted by atomic mass is 9.96. The Morgan fingerprint density at radius 3 is 1.83 bits per heavy atom. The maximum atomic E-state index is 13.3. The first-order chi connectivity index (χ1) is 16.8. The predicted octanol–water partition coefficient (Wildman–Crippen LogP) is 0.274. The Bertz CT molecular complexity index is 891. The van der Waals surface area contributed by atoms with Crippen LogP contribution < -0.4 is 21.7 Å². The molecule has 0 bridgehead atoms. The first kappa shape index (κ1) is 30.9. The number of aromatic hydroxyl groups is 1. The molecule has 0 aliphatic heterocycles. The first-order valence-corrected chi connectivity index (χ1v) is 12.2. The molecule has 0 saturated carbocycles. The number of hydrogen-bond donors (Lipinski definition) is 7. The number of rotatable bonds is 14. The van der Waals surface area contributed by atoms with Gasteiger partial charge in [0.1, 0.15) is 17.8 Å². The monoisotopic (exact) mass is 508 g/mol. The number of phenols is 1. The quantitative estimate of drug-likeness (QED) is 0.186. The van der Waals surface area contributed by atoms with E-state index in [0.717, 1.165) is 0 Å². The second-order valence-electron chi connectivity index (χ2n) is 9.28. The minimum Gasteiger partial charge on any atom is -0.508 e. The fourth-order valence-corrected chi connectivity index (χ4v) is 3.44. The van der Waals surface area contributed by atoms with Crippen LogP contribution in [-0.2, 0) is 25.6 Å². The number of aliphatic carboxylic acids is 1. The maximum Gasteiger partial charge on any atom is 0.328 e. The summed E-state index contributed by atoms with van der Waals surface area (Å²) in [7, 11) is 0. The molecule has 1 aromatic rings. The third-order valence-electron chi connectivity index (χ3n) is 6.41. The number of phenolic OH excluding ortho intramolecular Hbond substituents is 1. The summed E-state index contributed by atoms with van der Waals surface area (Å²) in [6, 6.07) is 1.51. The number of hydrogen-bond acceptors (Lipinski definition) is 7. The third kappa shape index (κ3) is 9.12. The highest BCUT2D eigenvalue weighted by molar-refractivity contribution is 5.94. The molecule has 0 radical (unpaired) electrons. The zero-order valence-electron chi connectivity index (χ0n) is 21.5. The molecule has 8 N–H and O–H groups in total. The summed E-state index contributed by atoms with van der Waals surface area (Å²) in [5.41, 5.74) is 6.69. The number of carboxylic acid groups (broad SMARTS) is 1. The van der Waals surface area contributed by atoms with Gasteiger partial charge in [-0.05, 0) is 36.5 Å². The van der Waals surface area contributed by atoms with Gasteiger partial charge in [0.15, 0.2) is 6.04 Å². The number of carbonyl (C=O) groups is 4. The lowest BCUT2D eigenvalue weighted by molar-refractivity contribution is -0.145. The lowest BCUT2D eigenvalue weighted by Crippen LogP contribution is -2.60. The average Bonchev–Trinajstić information content (AvgIpc) is 2.84. The molecule has 7 unspecified atom stereocenters. The van der Waals surface area contributed by atoms with Crippen LogP contribution in [0.4, 0.5) is 0 Å². The normalized spacial score (nSPS) is 17.0. The Morgan fingerprint density at radius 2 is 1.36 bits per heavy atom. The van der Waals surface area contributed by atoms with Gasteiger partial charge >= 0.3 is 5.97 Å². The van der Waals surface area contributed by atoms with Crippen molar-refractivity contribution in [3.63, 3.8) is 0 Å². The van der Waals surface area contributed by atoms with Crippen LogP contribution in [0.3, 0.4) is 0 Å². The van der Waals surface area contributed by atoms with E-state index >= 15 is 0 Å². The predicted molar refractivity (Wildman–Crippen MR) is 134 cm³/mol. The van der Waals surface area contributed by atoms with Crippen LogP contribution in [0.1, 0.15) is 53.0 Å². The van der Waals surface area contributed by atoms with Gasteiger partial charge in [-0.1, -0.05) is 52.7 Å². The molecule has 0 heterocycles. The largest absolute Gasteiger partial charge is 0.508 e. The number of carboxylic acids is 1. The molecule has 36 heavy (non-hydrogen) atoms. The molecule has 11 nitrogen and oxygen atoms in total. The highest BCUT2D eigenvalue weighted by Crippen LogP contribution is 2.14. The van der Waals surface area contributed by atoms with Gasteiger partial charge in [-0.2, -0.15) is 0 Å². The Balaban J connectivity index is 3.19. The van der Waals surface area contributed by atoms with Crippen LogP contribution >= 0.6 is 0 Å². The van der Waals surface area contributed by atoms with E-state index in [1.165, 1.54) is 19.1 Å². The van der Waals surface area contributed by atoms with Crippen molar-refractivity contribution in [3.05, 3.63) is 29.8 Å². The van der Waals surface area contributed by atoms with Crippen LogP contribution in [0.2, 0.25) is 0 Å². The first-order valence-electron chi connectivity index (χ1n) is 12.2. The van der Waals surface area contributed by atoms with Crippen molar-refractivity contribution < 1.29 is 34.5 Å².